The lowest BCUT2D eigenvalue weighted by molar-refractivity contribution is -0.136. The smallest absolute Gasteiger partial charge is 0.253 e. The van der Waals surface area contributed by atoms with Crippen molar-refractivity contribution in [3.63, 3.8) is 0 Å². The molecule has 27 heavy (non-hydrogen) atoms. The predicted octanol–water partition coefficient (Wildman–Crippen LogP) is 4.50. The average Bonchev–Trinajstić information content (AvgIpc) is 2.67. The van der Waals surface area contributed by atoms with E-state index in [1.807, 2.05) is 24.3 Å². The maximum atomic E-state index is 12.9. The van der Waals surface area contributed by atoms with Crippen LogP contribution in [0.15, 0.2) is 48.5 Å². The van der Waals surface area contributed by atoms with E-state index in [9.17, 15) is 9.59 Å². The van der Waals surface area contributed by atoms with Crippen LogP contribution in [0.25, 0.3) is 0 Å². The molecule has 142 valence electrons. The number of hydrogen-bond donors (Lipinski definition) is 0. The first-order valence-corrected chi connectivity index (χ1v) is 9.74. The van der Waals surface area contributed by atoms with E-state index < -0.39 is 0 Å². The molecule has 1 unspecified atom stereocenters. The number of rotatable bonds is 4. The molecule has 1 fully saturated rings. The zero-order valence-electron chi connectivity index (χ0n) is 15.2. The molecule has 4 nitrogen and oxygen atoms in total. The molecule has 0 aliphatic carbocycles. The highest BCUT2D eigenvalue weighted by molar-refractivity contribution is 6.30. The normalized spacial score (nSPS) is 16.9. The van der Waals surface area contributed by atoms with E-state index in [1.54, 1.807) is 41.1 Å². The molecule has 0 saturated carbocycles. The van der Waals surface area contributed by atoms with Crippen LogP contribution in [0.3, 0.4) is 0 Å². The van der Waals surface area contributed by atoms with Crippen LogP contribution in [-0.4, -0.2) is 41.8 Å². The number of piperidine rings is 1. The standard InChI is InChI=1S/C21H22Cl2N2O2/c1-24(13-15-4-2-6-19(23)12-15)20(26)17-5-3-11-25(14-17)21(27)16-7-9-18(22)10-8-16/h2,4,6-10,12,17H,3,5,11,13-14H2,1H3. The quantitative estimate of drug-likeness (QED) is 0.752. The van der Waals surface area contributed by atoms with Gasteiger partial charge in [-0.1, -0.05) is 35.3 Å². The van der Waals surface area contributed by atoms with E-state index >= 15 is 0 Å². The van der Waals surface area contributed by atoms with Crippen LogP contribution < -0.4 is 0 Å². The molecular weight excluding hydrogens is 383 g/mol. The third-order valence-corrected chi connectivity index (χ3v) is 5.32. The van der Waals surface area contributed by atoms with Gasteiger partial charge in [0.2, 0.25) is 5.91 Å². The average molecular weight is 405 g/mol. The van der Waals surface area contributed by atoms with Crippen molar-refractivity contribution in [1.29, 1.82) is 0 Å². The second kappa shape index (κ2) is 8.77. The Morgan fingerprint density at radius 3 is 2.56 bits per heavy atom. The lowest BCUT2D eigenvalue weighted by Crippen LogP contribution is -2.45. The number of carbonyl (C=O) groups is 2. The van der Waals surface area contributed by atoms with Gasteiger partial charge in [-0.3, -0.25) is 9.59 Å². The maximum absolute atomic E-state index is 12.9. The van der Waals surface area contributed by atoms with Crippen LogP contribution >= 0.6 is 23.2 Å². The Kier molecular flexibility index (Phi) is 6.40. The highest BCUT2D eigenvalue weighted by Gasteiger charge is 2.30. The van der Waals surface area contributed by atoms with E-state index in [0.717, 1.165) is 18.4 Å². The summed E-state index contributed by atoms with van der Waals surface area (Å²) < 4.78 is 0. The van der Waals surface area contributed by atoms with Gasteiger partial charge in [0.25, 0.3) is 5.91 Å². The van der Waals surface area contributed by atoms with Crippen LogP contribution in [0.2, 0.25) is 10.0 Å². The molecule has 0 spiro atoms. The number of halogens is 2. The second-order valence-corrected chi connectivity index (χ2v) is 7.79. The number of amides is 2. The summed E-state index contributed by atoms with van der Waals surface area (Å²) in [6.45, 7) is 1.62. The largest absolute Gasteiger partial charge is 0.341 e. The highest BCUT2D eigenvalue weighted by Crippen LogP contribution is 2.22. The fourth-order valence-electron chi connectivity index (χ4n) is 3.44. The van der Waals surface area contributed by atoms with Gasteiger partial charge in [0.05, 0.1) is 5.92 Å². The van der Waals surface area contributed by atoms with Gasteiger partial charge in [-0.25, -0.2) is 0 Å². The summed E-state index contributed by atoms with van der Waals surface area (Å²) in [5, 5.41) is 1.26. The molecule has 6 heteroatoms. The Bertz CT molecular complexity index is 823. The first kappa shape index (κ1) is 19.7. The van der Waals surface area contributed by atoms with E-state index in [-0.39, 0.29) is 17.7 Å². The SMILES string of the molecule is CN(Cc1cccc(Cl)c1)C(=O)C1CCCN(C(=O)c2ccc(Cl)cc2)C1. The van der Waals surface area contributed by atoms with Crippen molar-refractivity contribution in [2.24, 2.45) is 5.92 Å². The second-order valence-electron chi connectivity index (χ2n) is 6.92. The van der Waals surface area contributed by atoms with Crippen LogP contribution in [0.4, 0.5) is 0 Å². The van der Waals surface area contributed by atoms with Crippen LogP contribution in [0.5, 0.6) is 0 Å². The third-order valence-electron chi connectivity index (χ3n) is 4.83. The molecule has 3 rings (SSSR count). The van der Waals surface area contributed by atoms with Gasteiger partial charge in [0.15, 0.2) is 0 Å². The van der Waals surface area contributed by atoms with Crippen molar-refractivity contribution in [3.05, 3.63) is 69.7 Å². The van der Waals surface area contributed by atoms with Gasteiger partial charge in [0, 0.05) is 42.3 Å². The van der Waals surface area contributed by atoms with Gasteiger partial charge in [-0.2, -0.15) is 0 Å². The minimum Gasteiger partial charge on any atom is -0.341 e. The Labute approximate surface area is 169 Å². The lowest BCUT2D eigenvalue weighted by atomic mass is 9.95. The van der Waals surface area contributed by atoms with Crippen LogP contribution in [0, 0.1) is 5.92 Å². The molecule has 0 aromatic heterocycles. The van der Waals surface area contributed by atoms with Crippen molar-refractivity contribution in [3.8, 4) is 0 Å². The van der Waals surface area contributed by atoms with Gasteiger partial charge >= 0.3 is 0 Å². The van der Waals surface area contributed by atoms with E-state index in [1.165, 1.54) is 0 Å². The Morgan fingerprint density at radius 1 is 1.11 bits per heavy atom. The summed E-state index contributed by atoms with van der Waals surface area (Å²) in [6.07, 6.45) is 1.61. The third kappa shape index (κ3) is 5.02. The van der Waals surface area contributed by atoms with Gasteiger partial charge in [0.1, 0.15) is 0 Å². The summed E-state index contributed by atoms with van der Waals surface area (Å²) in [7, 11) is 1.79. The molecule has 0 N–H and O–H groups in total. The monoisotopic (exact) mass is 404 g/mol. The first-order valence-electron chi connectivity index (χ1n) is 8.98. The van der Waals surface area contributed by atoms with Crippen molar-refractivity contribution < 1.29 is 9.59 Å². The molecule has 2 aromatic rings. The molecule has 1 heterocycles. The van der Waals surface area contributed by atoms with E-state index in [2.05, 4.69) is 0 Å². The van der Waals surface area contributed by atoms with Crippen molar-refractivity contribution in [2.45, 2.75) is 19.4 Å². The maximum Gasteiger partial charge on any atom is 0.253 e. The molecule has 2 amide bonds. The number of benzene rings is 2. The van der Waals surface area contributed by atoms with Gasteiger partial charge in [-0.05, 0) is 54.8 Å². The highest BCUT2D eigenvalue weighted by atomic mass is 35.5. The van der Waals surface area contributed by atoms with E-state index in [4.69, 9.17) is 23.2 Å². The van der Waals surface area contributed by atoms with Crippen molar-refractivity contribution in [2.75, 3.05) is 20.1 Å². The predicted molar refractivity (Wildman–Crippen MR) is 108 cm³/mol. The molecular formula is C21H22Cl2N2O2. The van der Waals surface area contributed by atoms with E-state index in [0.29, 0.717) is 35.2 Å². The van der Waals surface area contributed by atoms with Crippen molar-refractivity contribution >= 4 is 35.0 Å². The minimum atomic E-state index is -0.181. The van der Waals surface area contributed by atoms with Gasteiger partial charge < -0.3 is 9.80 Å². The minimum absolute atomic E-state index is 0.0540. The Hall–Kier alpha value is -2.04. The number of hydrogen-bond acceptors (Lipinski definition) is 2. The molecule has 1 saturated heterocycles. The molecule has 0 bridgehead atoms. The summed E-state index contributed by atoms with van der Waals surface area (Å²) >= 11 is 11.9. The lowest BCUT2D eigenvalue weighted by Gasteiger charge is -2.34. The first-order chi connectivity index (χ1) is 12.9. The summed E-state index contributed by atoms with van der Waals surface area (Å²) in [5.74, 6) is -0.176. The number of likely N-dealkylation sites (tertiary alicyclic amines) is 1. The molecule has 1 atom stereocenters. The zero-order chi connectivity index (χ0) is 19.4. The number of carbonyl (C=O) groups excluding carboxylic acids is 2. The van der Waals surface area contributed by atoms with Crippen LogP contribution in [-0.2, 0) is 11.3 Å². The summed E-state index contributed by atoms with van der Waals surface area (Å²) in [4.78, 5) is 29.1. The Balaban J connectivity index is 1.63. The van der Waals surface area contributed by atoms with Crippen molar-refractivity contribution in [1.82, 2.24) is 9.80 Å². The topological polar surface area (TPSA) is 40.6 Å². The molecule has 0 radical (unpaired) electrons. The zero-order valence-corrected chi connectivity index (χ0v) is 16.7. The number of nitrogens with zero attached hydrogens (tertiary/aromatic N) is 2. The molecule has 1 aliphatic rings. The fraction of sp³-hybridized carbons (Fsp3) is 0.333. The molecule has 2 aromatic carbocycles. The summed E-state index contributed by atoms with van der Waals surface area (Å²) in [5.41, 5.74) is 1.59. The van der Waals surface area contributed by atoms with Crippen LogP contribution in [0.1, 0.15) is 28.8 Å². The summed E-state index contributed by atoms with van der Waals surface area (Å²) in [6, 6.07) is 14.4. The molecule has 1 aliphatic heterocycles. The van der Waals surface area contributed by atoms with Gasteiger partial charge in [-0.15, -0.1) is 0 Å². The Morgan fingerprint density at radius 2 is 1.85 bits per heavy atom. The fourth-order valence-corrected chi connectivity index (χ4v) is 3.78.